The molecule has 5 heteroatoms. The maximum atomic E-state index is 12.4. The van der Waals surface area contributed by atoms with Crippen molar-refractivity contribution in [3.8, 4) is 0 Å². The van der Waals surface area contributed by atoms with E-state index in [2.05, 4.69) is 15.9 Å². The van der Waals surface area contributed by atoms with E-state index < -0.39 is 5.97 Å². The molecule has 1 aromatic rings. The highest BCUT2D eigenvalue weighted by Gasteiger charge is 2.33. The Balaban J connectivity index is 2.11. The summed E-state index contributed by atoms with van der Waals surface area (Å²) in [5.41, 5.74) is 1.72. The number of carboxylic acid groups (broad SMARTS) is 1. The van der Waals surface area contributed by atoms with Gasteiger partial charge >= 0.3 is 5.97 Å². The van der Waals surface area contributed by atoms with Crippen LogP contribution in [0.2, 0.25) is 0 Å². The number of likely N-dealkylation sites (tertiary alicyclic amines) is 1. The van der Waals surface area contributed by atoms with Crippen molar-refractivity contribution >= 4 is 27.8 Å². The molecule has 0 aliphatic carbocycles. The van der Waals surface area contributed by atoms with Crippen LogP contribution in [-0.4, -0.2) is 35.0 Å². The first-order valence-corrected chi connectivity index (χ1v) is 7.47. The van der Waals surface area contributed by atoms with Gasteiger partial charge in [-0.05, 0) is 37.0 Å². The van der Waals surface area contributed by atoms with Crippen LogP contribution in [0.25, 0.3) is 0 Å². The van der Waals surface area contributed by atoms with Crippen LogP contribution in [0.4, 0.5) is 0 Å². The number of hydrogen-bond donors (Lipinski definition) is 1. The van der Waals surface area contributed by atoms with Crippen LogP contribution in [0, 0.1) is 18.8 Å². The van der Waals surface area contributed by atoms with E-state index in [1.165, 1.54) is 0 Å². The topological polar surface area (TPSA) is 57.6 Å². The minimum absolute atomic E-state index is 0.0147. The number of piperidine rings is 1. The van der Waals surface area contributed by atoms with Crippen molar-refractivity contribution < 1.29 is 14.7 Å². The van der Waals surface area contributed by atoms with Crippen molar-refractivity contribution in [3.05, 3.63) is 33.8 Å². The quantitative estimate of drug-likeness (QED) is 0.901. The normalized spacial score (nSPS) is 22.6. The Bertz CT molecular complexity index is 544. The molecule has 0 bridgehead atoms. The van der Waals surface area contributed by atoms with Crippen LogP contribution in [0.1, 0.15) is 29.3 Å². The number of amides is 1. The minimum Gasteiger partial charge on any atom is -0.481 e. The molecule has 0 aromatic heterocycles. The number of aliphatic carboxylic acids is 1. The molecule has 1 N–H and O–H groups in total. The molecule has 2 atom stereocenters. The summed E-state index contributed by atoms with van der Waals surface area (Å²) in [5.74, 6) is -1.15. The van der Waals surface area contributed by atoms with Gasteiger partial charge in [-0.1, -0.05) is 28.9 Å². The SMILES string of the molecule is Cc1ccc(C(=O)N2CCC(C(=O)O)C(C)C2)cc1Br. The first-order valence-electron chi connectivity index (χ1n) is 6.68. The average molecular weight is 340 g/mol. The van der Waals surface area contributed by atoms with Gasteiger partial charge in [0.1, 0.15) is 0 Å². The molecule has 2 rings (SSSR count). The minimum atomic E-state index is -0.761. The van der Waals surface area contributed by atoms with Gasteiger partial charge in [-0.15, -0.1) is 0 Å². The Morgan fingerprint density at radius 2 is 2.10 bits per heavy atom. The fourth-order valence-electron chi connectivity index (χ4n) is 2.61. The molecule has 20 heavy (non-hydrogen) atoms. The van der Waals surface area contributed by atoms with E-state index in [4.69, 9.17) is 5.11 Å². The molecule has 1 aliphatic heterocycles. The number of carboxylic acids is 1. The summed E-state index contributed by atoms with van der Waals surface area (Å²) in [7, 11) is 0. The zero-order valence-corrected chi connectivity index (χ0v) is 13.2. The van der Waals surface area contributed by atoms with Gasteiger partial charge in [-0.25, -0.2) is 0 Å². The molecule has 2 unspecified atom stereocenters. The van der Waals surface area contributed by atoms with E-state index in [1.54, 1.807) is 4.90 Å². The zero-order valence-electron chi connectivity index (χ0n) is 11.6. The van der Waals surface area contributed by atoms with Crippen molar-refractivity contribution in [2.24, 2.45) is 11.8 Å². The summed E-state index contributed by atoms with van der Waals surface area (Å²) in [4.78, 5) is 25.3. The highest BCUT2D eigenvalue weighted by atomic mass is 79.9. The molecular formula is C15H18BrNO3. The highest BCUT2D eigenvalue weighted by Crippen LogP contribution is 2.25. The zero-order chi connectivity index (χ0) is 14.9. The summed E-state index contributed by atoms with van der Waals surface area (Å²) >= 11 is 3.43. The monoisotopic (exact) mass is 339 g/mol. The predicted octanol–water partition coefficient (Wildman–Crippen LogP) is 2.94. The first-order chi connectivity index (χ1) is 9.40. The number of carbonyl (C=O) groups is 2. The maximum absolute atomic E-state index is 12.4. The van der Waals surface area contributed by atoms with Gasteiger partial charge in [0.25, 0.3) is 5.91 Å². The Hall–Kier alpha value is -1.36. The molecule has 0 spiro atoms. The number of rotatable bonds is 2. The lowest BCUT2D eigenvalue weighted by atomic mass is 9.87. The largest absolute Gasteiger partial charge is 0.481 e. The summed E-state index contributed by atoms with van der Waals surface area (Å²) in [6, 6.07) is 5.55. The van der Waals surface area contributed by atoms with E-state index in [9.17, 15) is 9.59 Å². The van der Waals surface area contributed by atoms with E-state index in [1.807, 2.05) is 32.0 Å². The van der Waals surface area contributed by atoms with Crippen molar-refractivity contribution in [1.29, 1.82) is 0 Å². The Morgan fingerprint density at radius 1 is 1.40 bits per heavy atom. The van der Waals surface area contributed by atoms with Crippen molar-refractivity contribution in [3.63, 3.8) is 0 Å². The number of hydrogen-bond acceptors (Lipinski definition) is 2. The van der Waals surface area contributed by atoms with Gasteiger partial charge in [0.2, 0.25) is 0 Å². The molecule has 1 aliphatic rings. The Kier molecular flexibility index (Phi) is 4.48. The third kappa shape index (κ3) is 3.03. The molecule has 1 heterocycles. The van der Waals surface area contributed by atoms with Crippen molar-refractivity contribution in [1.82, 2.24) is 4.90 Å². The lowest BCUT2D eigenvalue weighted by molar-refractivity contribution is -0.145. The highest BCUT2D eigenvalue weighted by molar-refractivity contribution is 9.10. The van der Waals surface area contributed by atoms with Gasteiger partial charge in [0.05, 0.1) is 5.92 Å². The smallest absolute Gasteiger partial charge is 0.306 e. The summed E-state index contributed by atoms with van der Waals surface area (Å²) in [6.07, 6.45) is 0.523. The molecule has 1 fully saturated rings. The molecule has 1 saturated heterocycles. The van der Waals surface area contributed by atoms with Crippen LogP contribution < -0.4 is 0 Å². The van der Waals surface area contributed by atoms with Crippen LogP contribution in [0.15, 0.2) is 22.7 Å². The number of nitrogens with zero attached hydrogens (tertiary/aromatic N) is 1. The Morgan fingerprint density at radius 3 is 2.65 bits per heavy atom. The molecular weight excluding hydrogens is 322 g/mol. The fraction of sp³-hybridized carbons (Fsp3) is 0.467. The van der Waals surface area contributed by atoms with E-state index in [0.29, 0.717) is 25.1 Å². The predicted molar refractivity (Wildman–Crippen MR) is 79.7 cm³/mol. The van der Waals surface area contributed by atoms with Gasteiger partial charge in [-0.2, -0.15) is 0 Å². The molecule has 108 valence electrons. The lowest BCUT2D eigenvalue weighted by Crippen LogP contribution is -2.45. The number of halogens is 1. The molecule has 0 radical (unpaired) electrons. The second kappa shape index (κ2) is 5.95. The standard InChI is InChI=1S/C15H18BrNO3/c1-9-3-4-11(7-13(9)16)14(18)17-6-5-12(15(19)20)10(2)8-17/h3-4,7,10,12H,5-6,8H2,1-2H3,(H,19,20). The Labute approximate surface area is 126 Å². The van der Waals surface area contributed by atoms with Crippen LogP contribution in [0.3, 0.4) is 0 Å². The third-order valence-electron chi connectivity index (χ3n) is 3.93. The average Bonchev–Trinajstić information content (AvgIpc) is 2.40. The molecule has 0 saturated carbocycles. The third-order valence-corrected chi connectivity index (χ3v) is 4.78. The number of carbonyl (C=O) groups excluding carboxylic acids is 1. The molecule has 4 nitrogen and oxygen atoms in total. The maximum Gasteiger partial charge on any atom is 0.306 e. The number of benzene rings is 1. The van der Waals surface area contributed by atoms with Crippen molar-refractivity contribution in [2.45, 2.75) is 20.3 Å². The van der Waals surface area contributed by atoms with Crippen LogP contribution in [0.5, 0.6) is 0 Å². The van der Waals surface area contributed by atoms with E-state index in [0.717, 1.165) is 10.0 Å². The summed E-state index contributed by atoms with van der Waals surface area (Å²) in [6.45, 7) is 4.87. The molecule has 1 aromatic carbocycles. The summed E-state index contributed by atoms with van der Waals surface area (Å²) < 4.78 is 0.914. The fourth-order valence-corrected chi connectivity index (χ4v) is 2.98. The van der Waals surface area contributed by atoms with Gasteiger partial charge in [0, 0.05) is 23.1 Å². The lowest BCUT2D eigenvalue weighted by Gasteiger charge is -2.35. The van der Waals surface area contributed by atoms with Crippen molar-refractivity contribution in [2.75, 3.05) is 13.1 Å². The van der Waals surface area contributed by atoms with Gasteiger partial charge in [-0.3, -0.25) is 9.59 Å². The number of aryl methyl sites for hydroxylation is 1. The van der Waals surface area contributed by atoms with Crippen LogP contribution in [-0.2, 0) is 4.79 Å². The van der Waals surface area contributed by atoms with Gasteiger partial charge in [0.15, 0.2) is 0 Å². The second-order valence-corrected chi connectivity index (χ2v) is 6.28. The van der Waals surface area contributed by atoms with Gasteiger partial charge < -0.3 is 10.0 Å². The second-order valence-electron chi connectivity index (χ2n) is 5.43. The molecule has 1 amide bonds. The van der Waals surface area contributed by atoms with E-state index >= 15 is 0 Å². The van der Waals surface area contributed by atoms with Crippen LogP contribution >= 0.6 is 15.9 Å². The first kappa shape index (κ1) is 15.0. The summed E-state index contributed by atoms with van der Waals surface area (Å²) in [5, 5.41) is 9.11. The van der Waals surface area contributed by atoms with E-state index in [-0.39, 0.29) is 17.7 Å².